The number of fused-ring (bicyclic) bond motifs is 1. The van der Waals surface area contributed by atoms with Crippen LogP contribution in [0.4, 0.5) is 5.69 Å². The average molecular weight is 253 g/mol. The molecule has 0 saturated carbocycles. The molecule has 3 nitrogen and oxygen atoms in total. The fourth-order valence-corrected chi connectivity index (χ4v) is 3.14. The van der Waals surface area contributed by atoms with Gasteiger partial charge in [0.1, 0.15) is 0 Å². The molecule has 2 rings (SSSR count). The molecule has 0 aliphatic rings. The number of hydrogen-bond donors (Lipinski definition) is 1. The zero-order valence-electron chi connectivity index (χ0n) is 8.00. The Labute approximate surface area is 87.9 Å². The summed E-state index contributed by atoms with van der Waals surface area (Å²) in [6.45, 7) is 3.55. The molecule has 0 aliphatic carbocycles. The second kappa shape index (κ2) is 3.56. The molecule has 72 valence electrons. The van der Waals surface area contributed by atoms with Crippen LogP contribution < -0.4 is 5.32 Å². The third-order valence-electron chi connectivity index (χ3n) is 1.82. The van der Waals surface area contributed by atoms with E-state index in [0.29, 0.717) is 14.5 Å². The van der Waals surface area contributed by atoms with Crippen LogP contribution in [0.5, 0.6) is 0 Å². The number of amides is 1. The normalized spacial score (nSPS) is 10.4. The number of nitrogens with zero attached hydrogens (tertiary/aromatic N) is 1. The fourth-order valence-electron chi connectivity index (χ4n) is 1.32. The monoisotopic (exact) mass is 254 g/mol. The summed E-state index contributed by atoms with van der Waals surface area (Å²) in [5.74, 6) is -0.0342. The molecule has 0 bridgehead atoms. The number of benzene rings is 1. The zero-order valence-corrected chi connectivity index (χ0v) is 9.71. The van der Waals surface area contributed by atoms with Crippen LogP contribution in [0.3, 0.4) is 0 Å². The van der Waals surface area contributed by atoms with Crippen molar-refractivity contribution in [1.29, 1.82) is 0 Å². The molecular formula is C10H10N2OSe. The minimum absolute atomic E-state index is 0.0342. The van der Waals surface area contributed by atoms with E-state index in [9.17, 15) is 4.79 Å². The van der Waals surface area contributed by atoms with Gasteiger partial charge < -0.3 is 0 Å². The quantitative estimate of drug-likeness (QED) is 0.783. The number of aryl methyl sites for hydroxylation is 1. The number of rotatable bonds is 1. The first-order valence-corrected chi connectivity index (χ1v) is 6.01. The Hall–Kier alpha value is -1.12. The molecule has 1 N–H and O–H groups in total. The van der Waals surface area contributed by atoms with Crippen molar-refractivity contribution in [2.24, 2.45) is 0 Å². The second-order valence-electron chi connectivity index (χ2n) is 3.10. The summed E-state index contributed by atoms with van der Waals surface area (Å²) >= 11 is 0.337. The van der Waals surface area contributed by atoms with E-state index in [1.165, 1.54) is 15.8 Å². The first-order chi connectivity index (χ1) is 6.65. The van der Waals surface area contributed by atoms with Gasteiger partial charge in [0.25, 0.3) is 0 Å². The summed E-state index contributed by atoms with van der Waals surface area (Å²) in [7, 11) is 0. The molecular weight excluding hydrogens is 243 g/mol. The van der Waals surface area contributed by atoms with Crippen molar-refractivity contribution in [3.63, 3.8) is 0 Å². The molecule has 0 radical (unpaired) electrons. The second-order valence-corrected chi connectivity index (χ2v) is 5.69. The maximum absolute atomic E-state index is 10.8. The molecule has 1 heterocycles. The first-order valence-electron chi connectivity index (χ1n) is 4.30. The van der Waals surface area contributed by atoms with E-state index in [1.54, 1.807) is 0 Å². The van der Waals surface area contributed by atoms with E-state index in [2.05, 4.69) is 10.3 Å². The fraction of sp³-hybridized carbons (Fsp3) is 0.200. The van der Waals surface area contributed by atoms with Crippen molar-refractivity contribution in [2.45, 2.75) is 13.8 Å². The average Bonchev–Trinajstić information content (AvgIpc) is 2.42. The Bertz CT molecular complexity index is 490. The van der Waals surface area contributed by atoms with Gasteiger partial charge in [-0.3, -0.25) is 0 Å². The van der Waals surface area contributed by atoms with Gasteiger partial charge in [-0.15, -0.1) is 0 Å². The van der Waals surface area contributed by atoms with E-state index in [4.69, 9.17) is 0 Å². The van der Waals surface area contributed by atoms with Crippen LogP contribution in [0.15, 0.2) is 18.2 Å². The summed E-state index contributed by atoms with van der Waals surface area (Å²) in [5, 5.41) is 2.77. The van der Waals surface area contributed by atoms with E-state index in [-0.39, 0.29) is 5.91 Å². The van der Waals surface area contributed by atoms with Gasteiger partial charge >= 0.3 is 87.6 Å². The van der Waals surface area contributed by atoms with Gasteiger partial charge in [0.15, 0.2) is 0 Å². The molecule has 4 heteroatoms. The van der Waals surface area contributed by atoms with Crippen LogP contribution in [-0.4, -0.2) is 25.4 Å². The molecule has 2 aromatic rings. The van der Waals surface area contributed by atoms with Gasteiger partial charge in [0.2, 0.25) is 0 Å². The topological polar surface area (TPSA) is 42.0 Å². The number of carbonyl (C=O) groups is 1. The summed E-state index contributed by atoms with van der Waals surface area (Å²) in [5.41, 5.74) is 1.92. The summed E-state index contributed by atoms with van der Waals surface area (Å²) < 4.78 is 2.44. The van der Waals surface area contributed by atoms with Crippen LogP contribution in [0.2, 0.25) is 0 Å². The molecule has 1 amide bonds. The summed E-state index contributed by atoms with van der Waals surface area (Å²) in [4.78, 5) is 15.2. The van der Waals surface area contributed by atoms with E-state index < -0.39 is 0 Å². The van der Waals surface area contributed by atoms with Crippen LogP contribution in [0, 0.1) is 6.92 Å². The number of carbonyl (C=O) groups excluding carboxylic acids is 1. The van der Waals surface area contributed by atoms with Crippen molar-refractivity contribution in [2.75, 3.05) is 5.32 Å². The Morgan fingerprint density at radius 1 is 1.50 bits per heavy atom. The van der Waals surface area contributed by atoms with Gasteiger partial charge in [-0.2, -0.15) is 0 Å². The van der Waals surface area contributed by atoms with E-state index in [1.807, 2.05) is 25.1 Å². The van der Waals surface area contributed by atoms with Gasteiger partial charge in [0, 0.05) is 0 Å². The Morgan fingerprint density at radius 3 is 3.00 bits per heavy atom. The SMILES string of the molecule is CC(=O)Nc1ccc2nc(C)[se]c2c1. The molecule has 0 atom stereocenters. The summed E-state index contributed by atoms with van der Waals surface area (Å²) in [6, 6.07) is 5.86. The number of anilines is 1. The number of nitrogens with one attached hydrogen (secondary N) is 1. The van der Waals surface area contributed by atoms with Crippen molar-refractivity contribution in [1.82, 2.24) is 4.98 Å². The van der Waals surface area contributed by atoms with E-state index >= 15 is 0 Å². The molecule has 14 heavy (non-hydrogen) atoms. The Morgan fingerprint density at radius 2 is 2.29 bits per heavy atom. The van der Waals surface area contributed by atoms with Crippen LogP contribution in [-0.2, 0) is 4.79 Å². The molecule has 0 fully saturated rings. The van der Waals surface area contributed by atoms with E-state index in [0.717, 1.165) is 11.2 Å². The third kappa shape index (κ3) is 1.86. The molecule has 0 spiro atoms. The zero-order chi connectivity index (χ0) is 10.1. The van der Waals surface area contributed by atoms with Crippen LogP contribution >= 0.6 is 0 Å². The first kappa shape index (κ1) is 9.44. The molecule has 0 aliphatic heterocycles. The Kier molecular flexibility index (Phi) is 2.40. The van der Waals surface area contributed by atoms with Crippen LogP contribution in [0.25, 0.3) is 9.78 Å². The minimum atomic E-state index is -0.0342. The molecule has 0 unspecified atom stereocenters. The van der Waals surface area contributed by atoms with Gasteiger partial charge in [-0.05, 0) is 0 Å². The molecule has 1 aromatic heterocycles. The van der Waals surface area contributed by atoms with Crippen molar-refractivity contribution >= 4 is 35.9 Å². The van der Waals surface area contributed by atoms with Crippen molar-refractivity contribution < 1.29 is 4.79 Å². The number of aromatic nitrogens is 1. The molecule has 0 saturated heterocycles. The van der Waals surface area contributed by atoms with Crippen molar-refractivity contribution in [3.8, 4) is 0 Å². The predicted octanol–water partition coefficient (Wildman–Crippen LogP) is 1.56. The Balaban J connectivity index is 2.45. The van der Waals surface area contributed by atoms with Crippen molar-refractivity contribution in [3.05, 3.63) is 22.8 Å². The third-order valence-corrected chi connectivity index (χ3v) is 3.77. The molecule has 1 aromatic carbocycles. The predicted molar refractivity (Wildman–Crippen MR) is 57.7 cm³/mol. The van der Waals surface area contributed by atoms with Gasteiger partial charge in [-0.1, -0.05) is 0 Å². The maximum atomic E-state index is 10.8. The summed E-state index contributed by atoms with van der Waals surface area (Å²) in [6.07, 6.45) is 0. The van der Waals surface area contributed by atoms with Crippen LogP contribution in [0.1, 0.15) is 11.5 Å². The van der Waals surface area contributed by atoms with Gasteiger partial charge in [0.05, 0.1) is 0 Å². The standard InChI is InChI=1S/C10H10N2OSe/c1-6(13)11-8-3-4-9-10(5-8)14-7(2)12-9/h3-5H,1-2H3,(H,11,13). The van der Waals surface area contributed by atoms with Gasteiger partial charge in [-0.25, -0.2) is 0 Å². The number of hydrogen-bond acceptors (Lipinski definition) is 2.